The van der Waals surface area contributed by atoms with Gasteiger partial charge >= 0.3 is 5.97 Å². The van der Waals surface area contributed by atoms with Gasteiger partial charge in [0.1, 0.15) is 54.4 Å². The second kappa shape index (κ2) is 24.4. The maximum absolute atomic E-state index is 13.2. The highest BCUT2D eigenvalue weighted by molar-refractivity contribution is 5.97. The molecular weight excluding hydrogens is 744 g/mol. The van der Waals surface area contributed by atoms with Crippen LogP contribution in [0.25, 0.3) is 0 Å². The quantitative estimate of drug-likeness (QED) is 0.0260. The zero-order valence-electron chi connectivity index (χ0n) is 32.6. The Hall–Kier alpha value is -6.07. The third-order valence-corrected chi connectivity index (χ3v) is 7.74. The summed E-state index contributed by atoms with van der Waals surface area (Å²) >= 11 is 0. The summed E-state index contributed by atoms with van der Waals surface area (Å²) in [5.41, 5.74) is 5.28. The van der Waals surface area contributed by atoms with Crippen LogP contribution in [0.2, 0.25) is 0 Å². The van der Waals surface area contributed by atoms with Gasteiger partial charge < -0.3 is 69.1 Å². The van der Waals surface area contributed by atoms with Gasteiger partial charge in [0.15, 0.2) is 5.96 Å². The van der Waals surface area contributed by atoms with Gasteiger partial charge in [-0.1, -0.05) is 0 Å². The number of hydrogen-bond acceptors (Lipinski definition) is 12. The minimum absolute atomic E-state index is 0.00708. The highest BCUT2D eigenvalue weighted by atomic mass is 16.4. The topological polar surface area (TPSA) is 381 Å². The van der Waals surface area contributed by atoms with Gasteiger partial charge in [0.25, 0.3) is 0 Å². The fourth-order valence-corrected chi connectivity index (χ4v) is 4.33. The number of carbonyl (C=O) groups is 10. The zero-order valence-corrected chi connectivity index (χ0v) is 32.6. The SMILES string of the molecule is CC(=O)NC(C)C(=O)NC(C)C(=O)NC(CCCNC(=N)N)C(=O)NC(C)C(=O)NC(C)C(=O)NC(C)C(=O)NC(CO)C(=O)NC(C)C(=O)NC(C)C(=O)O. The number of guanidine groups is 1. The molecule has 0 aliphatic rings. The first-order valence-electron chi connectivity index (χ1n) is 17.5. The Morgan fingerprint density at radius 3 is 1.14 bits per heavy atom. The van der Waals surface area contributed by atoms with E-state index in [1.165, 1.54) is 55.4 Å². The van der Waals surface area contributed by atoms with Crippen molar-refractivity contribution >= 4 is 65.1 Å². The number of carbonyl (C=O) groups excluding carboxylic acids is 9. The fourth-order valence-electron chi connectivity index (χ4n) is 4.33. The first kappa shape index (κ1) is 49.9. The van der Waals surface area contributed by atoms with Crippen molar-refractivity contribution in [2.24, 2.45) is 5.73 Å². The minimum Gasteiger partial charge on any atom is -0.480 e. The molecule has 316 valence electrons. The van der Waals surface area contributed by atoms with E-state index < -0.39 is 120 Å². The maximum Gasteiger partial charge on any atom is 0.325 e. The second-order valence-corrected chi connectivity index (χ2v) is 12.9. The predicted octanol–water partition coefficient (Wildman–Crippen LogP) is -6.15. The van der Waals surface area contributed by atoms with Crippen molar-refractivity contribution in [3.8, 4) is 0 Å². The van der Waals surface area contributed by atoms with E-state index in [1.807, 2.05) is 0 Å². The number of aliphatic hydroxyl groups excluding tert-OH is 1. The van der Waals surface area contributed by atoms with E-state index in [9.17, 15) is 53.1 Å². The van der Waals surface area contributed by atoms with Crippen LogP contribution in [0, 0.1) is 5.41 Å². The average molecular weight is 801 g/mol. The van der Waals surface area contributed by atoms with Crippen LogP contribution in [0.4, 0.5) is 0 Å². The van der Waals surface area contributed by atoms with Crippen LogP contribution < -0.4 is 58.9 Å². The highest BCUT2D eigenvalue weighted by Crippen LogP contribution is 2.01. The van der Waals surface area contributed by atoms with Gasteiger partial charge in [0, 0.05) is 13.5 Å². The summed E-state index contributed by atoms with van der Waals surface area (Å²) in [6, 6.07) is -11.2. The zero-order chi connectivity index (χ0) is 43.4. The van der Waals surface area contributed by atoms with Crippen LogP contribution in [-0.4, -0.2) is 143 Å². The lowest BCUT2D eigenvalue weighted by Gasteiger charge is -2.25. The third-order valence-electron chi connectivity index (χ3n) is 7.74. The molecule has 0 aromatic heterocycles. The normalized spacial score (nSPS) is 15.4. The molecule has 0 bridgehead atoms. The van der Waals surface area contributed by atoms with E-state index in [0.29, 0.717) is 0 Å². The summed E-state index contributed by atoms with van der Waals surface area (Å²) in [6.07, 6.45) is 0.239. The number of nitrogens with two attached hydrogens (primary N) is 1. The largest absolute Gasteiger partial charge is 0.480 e. The van der Waals surface area contributed by atoms with Gasteiger partial charge in [-0.2, -0.15) is 0 Å². The molecule has 9 unspecified atom stereocenters. The molecule has 0 rings (SSSR count). The monoisotopic (exact) mass is 800 g/mol. The molecule has 24 heteroatoms. The molecule has 0 aliphatic carbocycles. The molecule has 0 aliphatic heterocycles. The van der Waals surface area contributed by atoms with Gasteiger partial charge in [0.05, 0.1) is 6.61 Å². The molecule has 56 heavy (non-hydrogen) atoms. The Kier molecular flexibility index (Phi) is 21.7. The smallest absolute Gasteiger partial charge is 0.325 e. The molecule has 9 amide bonds. The lowest BCUT2D eigenvalue weighted by molar-refractivity contribution is -0.141. The van der Waals surface area contributed by atoms with Gasteiger partial charge in [0.2, 0.25) is 53.2 Å². The lowest BCUT2D eigenvalue weighted by atomic mass is 10.1. The number of carboxylic acid groups (broad SMARTS) is 1. The van der Waals surface area contributed by atoms with E-state index in [4.69, 9.17) is 16.2 Å². The van der Waals surface area contributed by atoms with Crippen molar-refractivity contribution in [1.29, 1.82) is 5.41 Å². The van der Waals surface area contributed by atoms with Crippen LogP contribution >= 0.6 is 0 Å². The molecule has 9 atom stereocenters. The number of nitrogens with one attached hydrogen (secondary N) is 11. The summed E-state index contributed by atoms with van der Waals surface area (Å²) in [5, 5.41) is 49.4. The Labute approximate surface area is 323 Å². The maximum atomic E-state index is 13.2. The first-order chi connectivity index (χ1) is 25.9. The van der Waals surface area contributed by atoms with E-state index in [0.717, 1.165) is 0 Å². The van der Waals surface area contributed by atoms with E-state index in [2.05, 4.69) is 53.2 Å². The standard InChI is InChI=1S/C32H56N12O12/c1-13(36-20(8)46)23(47)38-17(5)27(51)43-21(10-9-11-35-32(33)34)29(53)40-15(3)25(49)37-14(2)24(48)39-18(6)28(52)44-22(12-45)30(54)41-16(4)26(50)42-19(7)31(55)56/h13-19,21-22,45H,9-12H2,1-8H3,(H,36,46)(H,37,49)(H,38,47)(H,39,48)(H,40,53)(H,41,54)(H,42,50)(H,43,51)(H,44,52)(H,55,56)(H4,33,34,35). The lowest BCUT2D eigenvalue weighted by Crippen LogP contribution is -2.59. The summed E-state index contributed by atoms with van der Waals surface area (Å²) < 4.78 is 0. The molecule has 0 saturated heterocycles. The number of aliphatic hydroxyl groups is 1. The average Bonchev–Trinajstić information content (AvgIpc) is 3.10. The summed E-state index contributed by atoms with van der Waals surface area (Å²) in [7, 11) is 0. The van der Waals surface area contributed by atoms with Crippen molar-refractivity contribution < 1.29 is 58.2 Å². The molecule has 15 N–H and O–H groups in total. The van der Waals surface area contributed by atoms with Crippen LogP contribution in [0.3, 0.4) is 0 Å². The molecule has 0 aromatic rings. The van der Waals surface area contributed by atoms with E-state index in [-0.39, 0.29) is 25.3 Å². The van der Waals surface area contributed by atoms with Crippen LogP contribution in [0.15, 0.2) is 0 Å². The van der Waals surface area contributed by atoms with Crippen molar-refractivity contribution in [2.45, 2.75) is 123 Å². The first-order valence-corrected chi connectivity index (χ1v) is 17.5. The van der Waals surface area contributed by atoms with Crippen molar-refractivity contribution in [1.82, 2.24) is 53.2 Å². The third kappa shape index (κ3) is 18.8. The summed E-state index contributed by atoms with van der Waals surface area (Å²) in [6.45, 7) is 9.53. The molecule has 0 heterocycles. The van der Waals surface area contributed by atoms with Gasteiger partial charge in [-0.15, -0.1) is 0 Å². The predicted molar refractivity (Wildman–Crippen MR) is 197 cm³/mol. The van der Waals surface area contributed by atoms with Gasteiger partial charge in [-0.05, 0) is 61.3 Å². The van der Waals surface area contributed by atoms with Crippen LogP contribution in [-0.2, 0) is 47.9 Å². The highest BCUT2D eigenvalue weighted by Gasteiger charge is 2.30. The van der Waals surface area contributed by atoms with Gasteiger partial charge in [-0.25, -0.2) is 0 Å². The Bertz CT molecular complexity index is 1480. The molecule has 24 nitrogen and oxygen atoms in total. The summed E-state index contributed by atoms with van der Waals surface area (Å²) in [5.74, 6) is -8.74. The number of hydrogen-bond donors (Lipinski definition) is 14. The van der Waals surface area contributed by atoms with Crippen molar-refractivity contribution in [2.75, 3.05) is 13.2 Å². The molecule has 0 aromatic carbocycles. The Morgan fingerprint density at radius 1 is 0.500 bits per heavy atom. The number of carboxylic acids is 1. The molecular formula is C32H56N12O12. The Morgan fingerprint density at radius 2 is 0.804 bits per heavy atom. The Balaban J connectivity index is 5.34. The molecule has 0 fully saturated rings. The number of rotatable bonds is 23. The minimum atomic E-state index is -1.56. The van der Waals surface area contributed by atoms with Crippen molar-refractivity contribution in [3.63, 3.8) is 0 Å². The van der Waals surface area contributed by atoms with E-state index in [1.54, 1.807) is 0 Å². The van der Waals surface area contributed by atoms with Crippen LogP contribution in [0.5, 0.6) is 0 Å². The molecule has 0 spiro atoms. The van der Waals surface area contributed by atoms with Crippen LogP contribution in [0.1, 0.15) is 68.2 Å². The van der Waals surface area contributed by atoms with Gasteiger partial charge in [-0.3, -0.25) is 53.4 Å². The molecule has 0 saturated carbocycles. The fraction of sp³-hybridized carbons (Fsp3) is 0.656. The second-order valence-electron chi connectivity index (χ2n) is 12.9. The van der Waals surface area contributed by atoms with E-state index >= 15 is 0 Å². The number of aliphatic carboxylic acids is 1. The van der Waals surface area contributed by atoms with Crippen molar-refractivity contribution in [3.05, 3.63) is 0 Å². The molecule has 0 radical (unpaired) electrons. The summed E-state index contributed by atoms with van der Waals surface area (Å²) in [4.78, 5) is 124. The number of amides is 9.